The van der Waals surface area contributed by atoms with Gasteiger partial charge in [0.1, 0.15) is 23.4 Å². The fourth-order valence-electron chi connectivity index (χ4n) is 2.17. The number of nitriles is 1. The van der Waals surface area contributed by atoms with Crippen LogP contribution in [0.25, 0.3) is 16.7 Å². The van der Waals surface area contributed by atoms with E-state index in [1.165, 1.54) is 6.07 Å². The summed E-state index contributed by atoms with van der Waals surface area (Å²) in [6.45, 7) is 0. The number of fused-ring (bicyclic) bond motifs is 1. The van der Waals surface area contributed by atoms with Gasteiger partial charge in [0.15, 0.2) is 5.65 Å². The van der Waals surface area contributed by atoms with Gasteiger partial charge in [0.05, 0.1) is 24.3 Å². The molecule has 0 fully saturated rings. The molecule has 0 aliphatic heterocycles. The van der Waals surface area contributed by atoms with Gasteiger partial charge < -0.3 is 15.6 Å². The summed E-state index contributed by atoms with van der Waals surface area (Å²) < 4.78 is 6.83. The van der Waals surface area contributed by atoms with E-state index in [0.29, 0.717) is 11.0 Å². The van der Waals surface area contributed by atoms with Crippen LogP contribution >= 0.6 is 0 Å². The van der Waals surface area contributed by atoms with Crippen LogP contribution in [-0.4, -0.2) is 21.8 Å². The molecule has 0 radical (unpaired) electrons. The number of aromatic hydroxyl groups is 1. The molecule has 0 saturated carbocycles. The number of methoxy groups -OCH3 is 1. The second-order valence-electron chi connectivity index (χ2n) is 4.49. The second-order valence-corrected chi connectivity index (χ2v) is 4.49. The molecule has 3 aromatic rings. The molecule has 0 aliphatic rings. The first kappa shape index (κ1) is 12.8. The molecular weight excluding hydrogens is 268 g/mol. The third-order valence-corrected chi connectivity index (χ3v) is 3.26. The van der Waals surface area contributed by atoms with Crippen LogP contribution in [0.4, 0.5) is 5.82 Å². The normalized spacial score (nSPS) is 10.5. The lowest BCUT2D eigenvalue weighted by molar-refractivity contribution is 0.415. The molecule has 3 rings (SSSR count). The summed E-state index contributed by atoms with van der Waals surface area (Å²) >= 11 is 0. The van der Waals surface area contributed by atoms with Gasteiger partial charge in [0.25, 0.3) is 0 Å². The predicted molar refractivity (Wildman–Crippen MR) is 78.4 cm³/mol. The smallest absolute Gasteiger partial charge is 0.150 e. The molecule has 1 aromatic carbocycles. The van der Waals surface area contributed by atoms with E-state index in [1.54, 1.807) is 17.9 Å². The van der Waals surface area contributed by atoms with Gasteiger partial charge in [-0.2, -0.15) is 5.26 Å². The number of rotatable bonds is 2. The highest BCUT2D eigenvalue weighted by molar-refractivity contribution is 5.88. The maximum absolute atomic E-state index is 10.0. The maximum Gasteiger partial charge on any atom is 0.150 e. The summed E-state index contributed by atoms with van der Waals surface area (Å²) in [5, 5.41) is 19.5. The van der Waals surface area contributed by atoms with Gasteiger partial charge in [-0.25, -0.2) is 4.98 Å². The number of hydrogen-bond donors (Lipinski definition) is 2. The maximum atomic E-state index is 10.0. The Balaban J connectivity index is 2.23. The van der Waals surface area contributed by atoms with Crippen molar-refractivity contribution in [1.82, 2.24) is 9.55 Å². The zero-order valence-corrected chi connectivity index (χ0v) is 11.2. The molecule has 0 aliphatic carbocycles. The first-order valence-corrected chi connectivity index (χ1v) is 6.19. The van der Waals surface area contributed by atoms with Gasteiger partial charge in [-0.15, -0.1) is 0 Å². The number of nitrogen functional groups attached to an aromatic ring is 1. The van der Waals surface area contributed by atoms with Crippen LogP contribution < -0.4 is 10.5 Å². The van der Waals surface area contributed by atoms with E-state index in [1.807, 2.05) is 30.3 Å². The number of aromatic nitrogens is 2. The number of nitrogens with two attached hydrogens (primary N) is 1. The average Bonchev–Trinajstić information content (AvgIpc) is 2.82. The Morgan fingerprint density at radius 1 is 1.33 bits per heavy atom. The van der Waals surface area contributed by atoms with Crippen molar-refractivity contribution in [1.29, 1.82) is 5.26 Å². The third-order valence-electron chi connectivity index (χ3n) is 3.26. The average molecular weight is 280 g/mol. The van der Waals surface area contributed by atoms with E-state index >= 15 is 0 Å². The summed E-state index contributed by atoms with van der Waals surface area (Å²) in [6.07, 6.45) is 1.54. The largest absolute Gasteiger partial charge is 0.506 e. The minimum atomic E-state index is 0.0461. The molecule has 3 N–H and O–H groups in total. The molecule has 2 heterocycles. The van der Waals surface area contributed by atoms with Gasteiger partial charge in [-0.1, -0.05) is 0 Å². The molecule has 21 heavy (non-hydrogen) atoms. The van der Waals surface area contributed by atoms with Gasteiger partial charge in [0, 0.05) is 5.69 Å². The Kier molecular flexibility index (Phi) is 2.88. The standard InChI is InChI=1S/C15H12N4O2/c1-21-11-4-2-10(3-5-11)19-8-13(20)12-6-9(7-16)14(17)18-15(12)19/h2-6,8,20H,1H3,(H2,17,18). The highest BCUT2D eigenvalue weighted by Crippen LogP contribution is 2.31. The van der Waals surface area contributed by atoms with Gasteiger partial charge >= 0.3 is 0 Å². The Bertz CT molecular complexity index is 860. The van der Waals surface area contributed by atoms with Gasteiger partial charge in [0.2, 0.25) is 0 Å². The highest BCUT2D eigenvalue weighted by atomic mass is 16.5. The van der Waals surface area contributed by atoms with Crippen LogP contribution in [0.1, 0.15) is 5.56 Å². The second kappa shape index (κ2) is 4.72. The fourth-order valence-corrected chi connectivity index (χ4v) is 2.17. The molecule has 6 heteroatoms. The van der Waals surface area contributed by atoms with Crippen LogP contribution in [0.2, 0.25) is 0 Å². The number of nitrogens with zero attached hydrogens (tertiary/aromatic N) is 3. The van der Waals surface area contributed by atoms with Crippen molar-refractivity contribution in [3.63, 3.8) is 0 Å². The monoisotopic (exact) mass is 280 g/mol. The predicted octanol–water partition coefficient (Wildman–Crippen LogP) is 2.19. The van der Waals surface area contributed by atoms with Gasteiger partial charge in [-0.3, -0.25) is 4.57 Å². The van der Waals surface area contributed by atoms with E-state index < -0.39 is 0 Å². The molecule has 0 saturated heterocycles. The molecule has 0 spiro atoms. The molecule has 0 unspecified atom stereocenters. The number of anilines is 1. The zero-order chi connectivity index (χ0) is 15.0. The third kappa shape index (κ3) is 2.01. The van der Waals surface area contributed by atoms with E-state index in [-0.39, 0.29) is 17.1 Å². The van der Waals surface area contributed by atoms with Crippen molar-refractivity contribution in [2.24, 2.45) is 0 Å². The minimum absolute atomic E-state index is 0.0461. The molecule has 2 aromatic heterocycles. The van der Waals surface area contributed by atoms with Crippen LogP contribution in [0.5, 0.6) is 11.5 Å². The Morgan fingerprint density at radius 3 is 2.67 bits per heavy atom. The summed E-state index contributed by atoms with van der Waals surface area (Å²) in [6, 6.07) is 10.8. The highest BCUT2D eigenvalue weighted by Gasteiger charge is 2.13. The lowest BCUT2D eigenvalue weighted by atomic mass is 10.2. The molecule has 0 amide bonds. The summed E-state index contributed by atoms with van der Waals surface area (Å²) in [7, 11) is 1.59. The van der Waals surface area contributed by atoms with Crippen LogP contribution in [0, 0.1) is 11.3 Å². The van der Waals surface area contributed by atoms with E-state index in [9.17, 15) is 5.11 Å². The molecule has 6 nitrogen and oxygen atoms in total. The molecular formula is C15H12N4O2. The summed E-state index contributed by atoms with van der Waals surface area (Å²) in [4.78, 5) is 4.21. The Labute approximate surface area is 120 Å². The minimum Gasteiger partial charge on any atom is -0.506 e. The number of ether oxygens (including phenoxy) is 1. The zero-order valence-electron chi connectivity index (χ0n) is 11.2. The quantitative estimate of drug-likeness (QED) is 0.750. The molecule has 0 atom stereocenters. The number of pyridine rings is 1. The summed E-state index contributed by atoms with van der Waals surface area (Å²) in [5.41, 5.74) is 7.29. The number of benzene rings is 1. The van der Waals surface area contributed by atoms with Crippen LogP contribution in [0.3, 0.4) is 0 Å². The Morgan fingerprint density at radius 2 is 2.05 bits per heavy atom. The molecule has 0 bridgehead atoms. The van der Waals surface area contributed by atoms with Crippen molar-refractivity contribution < 1.29 is 9.84 Å². The lowest BCUT2D eigenvalue weighted by Gasteiger charge is -2.06. The van der Waals surface area contributed by atoms with E-state index in [0.717, 1.165) is 11.4 Å². The van der Waals surface area contributed by atoms with Crippen molar-refractivity contribution in [2.75, 3.05) is 12.8 Å². The fraction of sp³-hybridized carbons (Fsp3) is 0.0667. The van der Waals surface area contributed by atoms with Crippen molar-refractivity contribution in [3.8, 4) is 23.3 Å². The van der Waals surface area contributed by atoms with Crippen molar-refractivity contribution in [3.05, 3.63) is 42.1 Å². The Hall–Kier alpha value is -3.20. The van der Waals surface area contributed by atoms with Crippen LogP contribution in [0.15, 0.2) is 36.5 Å². The van der Waals surface area contributed by atoms with Crippen molar-refractivity contribution >= 4 is 16.9 Å². The first-order chi connectivity index (χ1) is 10.1. The van der Waals surface area contributed by atoms with Crippen LogP contribution in [-0.2, 0) is 0 Å². The molecule has 104 valence electrons. The lowest BCUT2D eigenvalue weighted by Crippen LogP contribution is -1.99. The van der Waals surface area contributed by atoms with E-state index in [4.69, 9.17) is 15.7 Å². The van der Waals surface area contributed by atoms with E-state index in [2.05, 4.69) is 4.98 Å². The topological polar surface area (TPSA) is 97.1 Å². The SMILES string of the molecule is COc1ccc(-n2cc(O)c3cc(C#N)c(N)nc32)cc1. The van der Waals surface area contributed by atoms with Crippen molar-refractivity contribution in [2.45, 2.75) is 0 Å². The number of hydrogen-bond acceptors (Lipinski definition) is 5. The summed E-state index contributed by atoms with van der Waals surface area (Å²) in [5.74, 6) is 0.918. The van der Waals surface area contributed by atoms with Gasteiger partial charge in [-0.05, 0) is 30.3 Å². The first-order valence-electron chi connectivity index (χ1n) is 6.19.